The quantitative estimate of drug-likeness (QED) is 0.168. The highest BCUT2D eigenvalue weighted by Crippen LogP contribution is 2.33. The van der Waals surface area contributed by atoms with Gasteiger partial charge in [-0.15, -0.1) is 0 Å². The number of carbonyl (C=O) groups is 2. The monoisotopic (exact) mass is 679 g/mol. The largest absolute Gasteiger partial charge is 0.485 e. The Balaban J connectivity index is 1.27. The van der Waals surface area contributed by atoms with Crippen LogP contribution >= 0.6 is 39.1 Å². The van der Waals surface area contributed by atoms with Crippen molar-refractivity contribution in [2.24, 2.45) is 0 Å². The maximum Gasteiger partial charge on any atom is 0.253 e. The SMILES string of the molecule is Cc1nc2c(OCc3c(Cl)ccc(-n4cccc4CNC(=O)/C=C/c4ccc(C(=O)N(C)C)cc4)c3Cl)cccn2c1Br. The summed E-state index contributed by atoms with van der Waals surface area (Å²) in [6.07, 6.45) is 6.94. The number of aromatic nitrogens is 3. The van der Waals surface area contributed by atoms with Crippen LogP contribution in [-0.4, -0.2) is 44.8 Å². The molecule has 5 rings (SSSR count). The van der Waals surface area contributed by atoms with Gasteiger partial charge in [0, 0.05) is 54.4 Å². The molecule has 0 fully saturated rings. The predicted octanol–water partition coefficient (Wildman–Crippen LogP) is 7.11. The van der Waals surface area contributed by atoms with Crippen molar-refractivity contribution in [1.29, 1.82) is 0 Å². The van der Waals surface area contributed by atoms with Crippen molar-refractivity contribution in [3.05, 3.63) is 122 Å². The average Bonchev–Trinajstić information content (AvgIpc) is 3.58. The number of fused-ring (bicyclic) bond motifs is 1. The van der Waals surface area contributed by atoms with Gasteiger partial charge in [-0.2, -0.15) is 0 Å². The molecule has 220 valence electrons. The van der Waals surface area contributed by atoms with E-state index in [-0.39, 0.29) is 25.0 Å². The summed E-state index contributed by atoms with van der Waals surface area (Å²) in [6.45, 7) is 2.32. The average molecular weight is 681 g/mol. The minimum atomic E-state index is -0.257. The maximum atomic E-state index is 12.6. The molecule has 2 amide bonds. The summed E-state index contributed by atoms with van der Waals surface area (Å²) in [4.78, 5) is 30.8. The zero-order chi connectivity index (χ0) is 30.7. The number of nitrogens with zero attached hydrogens (tertiary/aromatic N) is 4. The van der Waals surface area contributed by atoms with Gasteiger partial charge in [0.05, 0.1) is 22.9 Å². The zero-order valence-electron chi connectivity index (χ0n) is 23.6. The number of nitrogens with one attached hydrogen (secondary N) is 1. The fourth-order valence-electron chi connectivity index (χ4n) is 4.49. The lowest BCUT2D eigenvalue weighted by Crippen LogP contribution is -2.22. The summed E-state index contributed by atoms with van der Waals surface area (Å²) in [7, 11) is 3.41. The number of aryl methyl sites for hydroxylation is 1. The van der Waals surface area contributed by atoms with Gasteiger partial charge in [0.25, 0.3) is 5.91 Å². The molecular formula is C32H28BrCl2N5O3. The topological polar surface area (TPSA) is 80.9 Å². The molecule has 0 spiro atoms. The second-order valence-electron chi connectivity index (χ2n) is 9.94. The third-order valence-corrected chi connectivity index (χ3v) is 8.51. The van der Waals surface area contributed by atoms with Crippen molar-refractivity contribution in [3.8, 4) is 11.4 Å². The predicted molar refractivity (Wildman–Crippen MR) is 173 cm³/mol. The van der Waals surface area contributed by atoms with Crippen molar-refractivity contribution in [2.75, 3.05) is 14.1 Å². The van der Waals surface area contributed by atoms with Gasteiger partial charge in [0.2, 0.25) is 5.91 Å². The van der Waals surface area contributed by atoms with Crippen LogP contribution in [0.3, 0.4) is 0 Å². The number of ether oxygens (including phenoxy) is 1. The van der Waals surface area contributed by atoms with Gasteiger partial charge in [0.1, 0.15) is 11.2 Å². The Hall–Kier alpha value is -4.05. The van der Waals surface area contributed by atoms with E-state index < -0.39 is 0 Å². The molecule has 3 heterocycles. The second-order valence-corrected chi connectivity index (χ2v) is 11.5. The lowest BCUT2D eigenvalue weighted by atomic mass is 10.1. The molecule has 11 heteroatoms. The molecule has 2 aromatic carbocycles. The minimum Gasteiger partial charge on any atom is -0.485 e. The third kappa shape index (κ3) is 6.64. The molecule has 43 heavy (non-hydrogen) atoms. The molecule has 1 N–H and O–H groups in total. The second kappa shape index (κ2) is 13.1. The van der Waals surface area contributed by atoms with E-state index in [4.69, 9.17) is 27.9 Å². The number of rotatable bonds is 9. The van der Waals surface area contributed by atoms with Crippen LogP contribution in [0.5, 0.6) is 5.75 Å². The number of carbonyl (C=O) groups excluding carboxylic acids is 2. The van der Waals surface area contributed by atoms with Crippen LogP contribution in [0.1, 0.15) is 32.9 Å². The first-order chi connectivity index (χ1) is 20.6. The summed E-state index contributed by atoms with van der Waals surface area (Å²) in [5.74, 6) is 0.268. The fraction of sp³-hybridized carbons (Fsp3) is 0.156. The normalized spacial score (nSPS) is 11.3. The molecule has 0 saturated carbocycles. The number of amides is 2. The van der Waals surface area contributed by atoms with Gasteiger partial charge in [0.15, 0.2) is 11.4 Å². The Morgan fingerprint density at radius 2 is 1.79 bits per heavy atom. The summed E-state index contributed by atoms with van der Waals surface area (Å²) < 4.78 is 10.8. The van der Waals surface area contributed by atoms with Gasteiger partial charge in [-0.3, -0.25) is 14.0 Å². The third-order valence-electron chi connectivity index (χ3n) is 6.78. The van der Waals surface area contributed by atoms with Crippen molar-refractivity contribution < 1.29 is 14.3 Å². The van der Waals surface area contributed by atoms with E-state index in [0.717, 1.165) is 21.6 Å². The number of hydrogen-bond donors (Lipinski definition) is 1. The van der Waals surface area contributed by atoms with E-state index in [9.17, 15) is 9.59 Å². The lowest BCUT2D eigenvalue weighted by Gasteiger charge is -2.16. The molecule has 0 saturated heterocycles. The molecule has 0 radical (unpaired) electrons. The van der Waals surface area contributed by atoms with Crippen LogP contribution < -0.4 is 10.1 Å². The number of halogens is 3. The molecule has 0 bridgehead atoms. The van der Waals surface area contributed by atoms with Crippen LogP contribution in [0.4, 0.5) is 0 Å². The lowest BCUT2D eigenvalue weighted by molar-refractivity contribution is -0.116. The van der Waals surface area contributed by atoms with E-state index in [0.29, 0.717) is 38.3 Å². The molecule has 0 aliphatic rings. The highest BCUT2D eigenvalue weighted by Gasteiger charge is 2.17. The highest BCUT2D eigenvalue weighted by atomic mass is 79.9. The summed E-state index contributed by atoms with van der Waals surface area (Å²) in [5, 5.41) is 3.84. The Bertz CT molecular complexity index is 1840. The maximum absolute atomic E-state index is 12.6. The smallest absolute Gasteiger partial charge is 0.253 e. The number of hydrogen-bond acceptors (Lipinski definition) is 4. The van der Waals surface area contributed by atoms with Crippen LogP contribution in [0.15, 0.2) is 83.7 Å². The first-order valence-electron chi connectivity index (χ1n) is 13.3. The first-order valence-corrected chi connectivity index (χ1v) is 14.9. The summed E-state index contributed by atoms with van der Waals surface area (Å²) >= 11 is 17.0. The standard InChI is InChI=1S/C32H28BrCl2N5O3/c1-20-30(33)40-17-5-7-27(31(40)37-20)43-19-24-25(34)13-14-26(29(24)35)39-16-4-6-23(39)18-36-28(41)15-10-21-8-11-22(12-9-21)32(42)38(2)3/h4-17H,18-19H2,1-3H3,(H,36,41)/b15-10+. The molecule has 5 aromatic rings. The Kier molecular flexibility index (Phi) is 9.25. The van der Waals surface area contributed by atoms with Crippen LogP contribution in [0.25, 0.3) is 17.4 Å². The highest BCUT2D eigenvalue weighted by molar-refractivity contribution is 9.10. The Morgan fingerprint density at radius 3 is 2.53 bits per heavy atom. The van der Waals surface area contributed by atoms with Crippen LogP contribution in [-0.2, 0) is 17.9 Å². The van der Waals surface area contributed by atoms with Gasteiger partial charge in [-0.1, -0.05) is 35.3 Å². The minimum absolute atomic E-state index is 0.0767. The summed E-state index contributed by atoms with van der Waals surface area (Å²) in [6, 6.07) is 18.2. The fourth-order valence-corrected chi connectivity index (χ4v) is 5.44. The molecule has 8 nitrogen and oxygen atoms in total. The van der Waals surface area contributed by atoms with Gasteiger partial charge in [-0.25, -0.2) is 4.98 Å². The van der Waals surface area contributed by atoms with E-state index >= 15 is 0 Å². The number of benzene rings is 2. The molecule has 0 aliphatic heterocycles. The van der Waals surface area contributed by atoms with E-state index in [1.54, 1.807) is 50.5 Å². The number of pyridine rings is 1. The van der Waals surface area contributed by atoms with Crippen molar-refractivity contribution in [1.82, 2.24) is 24.2 Å². The van der Waals surface area contributed by atoms with Gasteiger partial charge >= 0.3 is 0 Å². The molecule has 0 atom stereocenters. The Labute approximate surface area is 267 Å². The number of imidazole rings is 1. The first kappa shape index (κ1) is 30.4. The molecule has 3 aromatic heterocycles. The molecule has 0 aliphatic carbocycles. The van der Waals surface area contributed by atoms with Crippen molar-refractivity contribution in [3.63, 3.8) is 0 Å². The van der Waals surface area contributed by atoms with E-state index in [1.165, 1.54) is 11.0 Å². The van der Waals surface area contributed by atoms with Crippen molar-refractivity contribution >= 4 is 62.7 Å². The van der Waals surface area contributed by atoms with E-state index in [1.807, 2.05) is 58.6 Å². The van der Waals surface area contributed by atoms with Gasteiger partial charge in [-0.05, 0) is 83.0 Å². The van der Waals surface area contributed by atoms with Gasteiger partial charge < -0.3 is 19.5 Å². The van der Waals surface area contributed by atoms with Crippen LogP contribution in [0, 0.1) is 6.92 Å². The Morgan fingerprint density at radius 1 is 1.05 bits per heavy atom. The zero-order valence-corrected chi connectivity index (χ0v) is 26.7. The summed E-state index contributed by atoms with van der Waals surface area (Å²) in [5.41, 5.74) is 5.10. The van der Waals surface area contributed by atoms with Crippen LogP contribution in [0.2, 0.25) is 10.0 Å². The van der Waals surface area contributed by atoms with Crippen molar-refractivity contribution in [2.45, 2.75) is 20.1 Å². The van der Waals surface area contributed by atoms with E-state index in [2.05, 4.69) is 26.2 Å². The molecule has 0 unspecified atom stereocenters. The molecular weight excluding hydrogens is 653 g/mol.